The summed E-state index contributed by atoms with van der Waals surface area (Å²) in [6.07, 6.45) is -4.92. The van der Waals surface area contributed by atoms with E-state index < -0.39 is 23.9 Å². The van der Waals surface area contributed by atoms with Crippen LogP contribution in [0.4, 0.5) is 13.2 Å². The number of carbonyl (C=O) groups is 1. The molecule has 2 saturated heterocycles. The van der Waals surface area contributed by atoms with Crippen LogP contribution < -0.4 is 0 Å². The number of hydrogen-bond acceptors (Lipinski definition) is 4. The molecule has 0 unspecified atom stereocenters. The monoisotopic (exact) mass is 358 g/mol. The number of carbonyl (C=O) groups excluding carboxylic acids is 1. The van der Waals surface area contributed by atoms with E-state index in [0.29, 0.717) is 31.9 Å². The van der Waals surface area contributed by atoms with Gasteiger partial charge in [-0.3, -0.25) is 9.69 Å². The van der Waals surface area contributed by atoms with Crippen LogP contribution in [-0.4, -0.2) is 66.3 Å². The third kappa shape index (κ3) is 4.31. The van der Waals surface area contributed by atoms with Crippen LogP contribution in [0, 0.1) is 0 Å². The number of amides is 1. The molecule has 138 valence electrons. The predicted molar refractivity (Wildman–Crippen MR) is 83.8 cm³/mol. The SMILES string of the molecule is O=C(CN1CCOCC1)N1C[C@H](O)C[C@@H]1c1cccc(C(F)(F)F)c1. The summed E-state index contributed by atoms with van der Waals surface area (Å²) in [5.74, 6) is -0.180. The molecule has 0 saturated carbocycles. The van der Waals surface area contributed by atoms with Crippen molar-refractivity contribution in [3.05, 3.63) is 35.4 Å². The highest BCUT2D eigenvalue weighted by atomic mass is 19.4. The van der Waals surface area contributed by atoms with Gasteiger partial charge in [-0.25, -0.2) is 0 Å². The molecule has 1 aromatic carbocycles. The lowest BCUT2D eigenvalue weighted by Gasteiger charge is -2.30. The summed E-state index contributed by atoms with van der Waals surface area (Å²) in [5, 5.41) is 9.97. The van der Waals surface area contributed by atoms with E-state index >= 15 is 0 Å². The molecule has 2 aliphatic heterocycles. The molecule has 2 aliphatic rings. The predicted octanol–water partition coefficient (Wildman–Crippen LogP) is 1.67. The third-order valence-electron chi connectivity index (χ3n) is 4.66. The maximum absolute atomic E-state index is 12.9. The number of ether oxygens (including phenoxy) is 1. The summed E-state index contributed by atoms with van der Waals surface area (Å²) in [6, 6.07) is 4.46. The van der Waals surface area contributed by atoms with Gasteiger partial charge in [0.25, 0.3) is 0 Å². The highest BCUT2D eigenvalue weighted by Crippen LogP contribution is 2.36. The first-order valence-corrected chi connectivity index (χ1v) is 8.29. The largest absolute Gasteiger partial charge is 0.416 e. The minimum atomic E-state index is -4.43. The lowest BCUT2D eigenvalue weighted by molar-refractivity contribution is -0.137. The van der Waals surface area contributed by atoms with Crippen molar-refractivity contribution >= 4 is 5.91 Å². The molecule has 5 nitrogen and oxygen atoms in total. The maximum Gasteiger partial charge on any atom is 0.416 e. The number of hydrogen-bond donors (Lipinski definition) is 1. The Morgan fingerprint density at radius 1 is 1.28 bits per heavy atom. The second-order valence-corrected chi connectivity index (χ2v) is 6.46. The normalized spacial score (nSPS) is 25.4. The molecular formula is C17H21F3N2O3. The minimum absolute atomic E-state index is 0.143. The first kappa shape index (κ1) is 18.2. The summed E-state index contributed by atoms with van der Waals surface area (Å²) < 4.78 is 44.1. The second-order valence-electron chi connectivity index (χ2n) is 6.46. The number of nitrogens with zero attached hydrogens (tertiary/aromatic N) is 2. The van der Waals surface area contributed by atoms with Crippen molar-refractivity contribution in [3.63, 3.8) is 0 Å². The molecule has 1 N–H and O–H groups in total. The number of halogens is 3. The fourth-order valence-corrected chi connectivity index (χ4v) is 3.37. The van der Waals surface area contributed by atoms with Gasteiger partial charge >= 0.3 is 6.18 Å². The van der Waals surface area contributed by atoms with Gasteiger partial charge in [-0.1, -0.05) is 12.1 Å². The standard InChI is InChI=1S/C17H21F3N2O3/c18-17(19,20)13-3-1-2-12(8-13)15-9-14(23)10-22(15)16(24)11-21-4-6-25-7-5-21/h1-3,8,14-15,23H,4-7,9-11H2/t14-,15-/m1/s1. The number of aliphatic hydroxyl groups is 1. The van der Waals surface area contributed by atoms with Crippen LogP contribution in [0.15, 0.2) is 24.3 Å². The first-order chi connectivity index (χ1) is 11.8. The molecule has 0 spiro atoms. The first-order valence-electron chi connectivity index (χ1n) is 8.29. The summed E-state index contributed by atoms with van der Waals surface area (Å²) in [6.45, 7) is 2.75. The molecule has 0 aliphatic carbocycles. The van der Waals surface area contributed by atoms with Gasteiger partial charge in [0.05, 0.1) is 37.5 Å². The number of benzene rings is 1. The number of rotatable bonds is 3. The van der Waals surface area contributed by atoms with Gasteiger partial charge < -0.3 is 14.7 Å². The zero-order chi connectivity index (χ0) is 18.0. The van der Waals surface area contributed by atoms with Gasteiger partial charge in [0.2, 0.25) is 5.91 Å². The number of β-amino-alcohol motifs (C(OH)–C–C–N with tert-alkyl or cyclic N) is 1. The Balaban J connectivity index is 1.76. The van der Waals surface area contributed by atoms with E-state index in [9.17, 15) is 23.1 Å². The Labute approximate surface area is 144 Å². The molecule has 1 amide bonds. The lowest BCUT2D eigenvalue weighted by Crippen LogP contribution is -2.44. The van der Waals surface area contributed by atoms with Crippen LogP contribution in [0.2, 0.25) is 0 Å². The Hall–Kier alpha value is -1.64. The molecule has 25 heavy (non-hydrogen) atoms. The zero-order valence-electron chi connectivity index (χ0n) is 13.7. The van der Waals surface area contributed by atoms with E-state index in [4.69, 9.17) is 4.74 Å². The van der Waals surface area contributed by atoms with Crippen LogP contribution in [0.5, 0.6) is 0 Å². The van der Waals surface area contributed by atoms with Crippen molar-refractivity contribution in [2.24, 2.45) is 0 Å². The smallest absolute Gasteiger partial charge is 0.391 e. The van der Waals surface area contributed by atoms with Crippen LogP contribution in [0.1, 0.15) is 23.6 Å². The molecule has 0 bridgehead atoms. The average Bonchev–Trinajstić information content (AvgIpc) is 2.97. The molecule has 0 radical (unpaired) electrons. The van der Waals surface area contributed by atoms with Crippen LogP contribution in [0.25, 0.3) is 0 Å². The van der Waals surface area contributed by atoms with E-state index in [1.54, 1.807) is 6.07 Å². The molecule has 2 heterocycles. The quantitative estimate of drug-likeness (QED) is 0.893. The van der Waals surface area contributed by atoms with Crippen LogP contribution >= 0.6 is 0 Å². The summed E-state index contributed by atoms with van der Waals surface area (Å²) in [4.78, 5) is 16.1. The summed E-state index contributed by atoms with van der Waals surface area (Å²) in [5.41, 5.74) is -0.339. The van der Waals surface area contributed by atoms with Crippen molar-refractivity contribution in [3.8, 4) is 0 Å². The molecule has 1 aromatic rings. The molecular weight excluding hydrogens is 337 g/mol. The molecule has 2 fully saturated rings. The van der Waals surface area contributed by atoms with E-state index in [2.05, 4.69) is 0 Å². The number of likely N-dealkylation sites (tertiary alicyclic amines) is 1. The van der Waals surface area contributed by atoms with Crippen LogP contribution in [-0.2, 0) is 15.7 Å². The highest BCUT2D eigenvalue weighted by Gasteiger charge is 2.37. The Bertz CT molecular complexity index is 617. The van der Waals surface area contributed by atoms with E-state index in [-0.39, 0.29) is 25.4 Å². The fourth-order valence-electron chi connectivity index (χ4n) is 3.37. The molecule has 0 aromatic heterocycles. The van der Waals surface area contributed by atoms with Crippen molar-refractivity contribution in [2.45, 2.75) is 24.7 Å². The fraction of sp³-hybridized carbons (Fsp3) is 0.588. The minimum Gasteiger partial charge on any atom is -0.391 e. The summed E-state index contributed by atoms with van der Waals surface area (Å²) in [7, 11) is 0. The molecule has 2 atom stereocenters. The van der Waals surface area contributed by atoms with Crippen molar-refractivity contribution < 1.29 is 27.8 Å². The van der Waals surface area contributed by atoms with Crippen molar-refractivity contribution in [1.82, 2.24) is 9.80 Å². The topological polar surface area (TPSA) is 53.0 Å². The van der Waals surface area contributed by atoms with Gasteiger partial charge in [0.1, 0.15) is 0 Å². The van der Waals surface area contributed by atoms with Gasteiger partial charge in [-0.2, -0.15) is 13.2 Å². The zero-order valence-corrected chi connectivity index (χ0v) is 13.7. The van der Waals surface area contributed by atoms with Gasteiger partial charge in [-0.05, 0) is 24.1 Å². The highest BCUT2D eigenvalue weighted by molar-refractivity contribution is 5.79. The second kappa shape index (κ2) is 7.31. The number of morpholine rings is 1. The molecule has 3 rings (SSSR count). The Morgan fingerprint density at radius 3 is 2.68 bits per heavy atom. The van der Waals surface area contributed by atoms with Crippen molar-refractivity contribution in [2.75, 3.05) is 39.4 Å². The van der Waals surface area contributed by atoms with Gasteiger partial charge in [0, 0.05) is 19.6 Å². The maximum atomic E-state index is 12.9. The summed E-state index contributed by atoms with van der Waals surface area (Å²) >= 11 is 0. The number of alkyl halides is 3. The number of aliphatic hydroxyl groups excluding tert-OH is 1. The van der Waals surface area contributed by atoms with E-state index in [1.165, 1.54) is 11.0 Å². The average molecular weight is 358 g/mol. The third-order valence-corrected chi connectivity index (χ3v) is 4.66. The van der Waals surface area contributed by atoms with Crippen LogP contribution in [0.3, 0.4) is 0 Å². The molecule has 8 heteroatoms. The van der Waals surface area contributed by atoms with Gasteiger partial charge in [-0.15, -0.1) is 0 Å². The lowest BCUT2D eigenvalue weighted by atomic mass is 10.0. The van der Waals surface area contributed by atoms with E-state index in [1.807, 2.05) is 4.90 Å². The van der Waals surface area contributed by atoms with Crippen molar-refractivity contribution in [1.29, 1.82) is 0 Å². The van der Waals surface area contributed by atoms with E-state index in [0.717, 1.165) is 12.1 Å². The Kier molecular flexibility index (Phi) is 5.31. The Morgan fingerprint density at radius 2 is 2.00 bits per heavy atom. The van der Waals surface area contributed by atoms with Gasteiger partial charge in [0.15, 0.2) is 0 Å².